The van der Waals surface area contributed by atoms with Crippen LogP contribution >= 0.6 is 0 Å². The number of likely N-dealkylation sites (N-methyl/N-ethyl adjacent to an activating group) is 1. The van der Waals surface area contributed by atoms with Gasteiger partial charge in [-0.1, -0.05) is 0 Å². The zero-order chi connectivity index (χ0) is 17.8. The van der Waals surface area contributed by atoms with E-state index in [1.807, 2.05) is 20.8 Å². The second-order valence-corrected chi connectivity index (χ2v) is 7.03. The van der Waals surface area contributed by atoms with Gasteiger partial charge in [-0.3, -0.25) is 9.59 Å². The molecule has 0 aliphatic carbocycles. The Balaban J connectivity index is 2.69. The van der Waals surface area contributed by atoms with Crippen molar-refractivity contribution in [2.24, 2.45) is 0 Å². The van der Waals surface area contributed by atoms with E-state index in [1.54, 1.807) is 20.9 Å². The van der Waals surface area contributed by atoms with Crippen molar-refractivity contribution >= 4 is 11.8 Å². The Morgan fingerprint density at radius 2 is 1.65 bits per heavy atom. The summed E-state index contributed by atoms with van der Waals surface area (Å²) in [5.74, 6) is -0.577. The summed E-state index contributed by atoms with van der Waals surface area (Å²) >= 11 is 0. The predicted molar refractivity (Wildman–Crippen MR) is 86.6 cm³/mol. The minimum Gasteiger partial charge on any atom is -0.478 e. The number of ether oxygens (including phenoxy) is 1. The average molecular weight is 324 g/mol. The van der Waals surface area contributed by atoms with Gasteiger partial charge in [0.05, 0.1) is 6.54 Å². The molecule has 0 fully saturated rings. The first-order valence-electron chi connectivity index (χ1n) is 7.42. The molecule has 0 aliphatic heterocycles. The lowest BCUT2D eigenvalue weighted by Crippen LogP contribution is -2.52. The van der Waals surface area contributed by atoms with E-state index in [0.29, 0.717) is 5.75 Å². The highest BCUT2D eigenvalue weighted by Gasteiger charge is 2.33. The number of benzene rings is 1. The number of carbonyl (C=O) groups excluding carboxylic acids is 2. The van der Waals surface area contributed by atoms with Gasteiger partial charge in [-0.05, 0) is 58.9 Å². The highest BCUT2D eigenvalue weighted by atomic mass is 19.1. The second kappa shape index (κ2) is 6.98. The maximum Gasteiger partial charge on any atom is 0.266 e. The maximum atomic E-state index is 12.9. The normalized spacial score (nSPS) is 11.8. The Morgan fingerprint density at radius 3 is 2.13 bits per heavy atom. The molecular formula is C17H25FN2O3. The van der Waals surface area contributed by atoms with Gasteiger partial charge in [-0.2, -0.15) is 0 Å². The first-order chi connectivity index (χ1) is 10.4. The van der Waals surface area contributed by atoms with Crippen molar-refractivity contribution < 1.29 is 18.7 Å². The van der Waals surface area contributed by atoms with Crippen molar-refractivity contribution in [3.05, 3.63) is 30.1 Å². The van der Waals surface area contributed by atoms with Crippen molar-refractivity contribution in [3.63, 3.8) is 0 Å². The van der Waals surface area contributed by atoms with Crippen molar-refractivity contribution in [3.8, 4) is 5.75 Å². The molecule has 0 aliphatic rings. The Morgan fingerprint density at radius 1 is 1.13 bits per heavy atom. The van der Waals surface area contributed by atoms with E-state index < -0.39 is 5.60 Å². The van der Waals surface area contributed by atoms with E-state index in [0.717, 1.165) is 0 Å². The zero-order valence-electron chi connectivity index (χ0n) is 14.6. The summed E-state index contributed by atoms with van der Waals surface area (Å²) in [5.41, 5.74) is -1.53. The molecule has 1 aromatic carbocycles. The van der Waals surface area contributed by atoms with Crippen LogP contribution in [0.2, 0.25) is 0 Å². The lowest BCUT2D eigenvalue weighted by atomic mass is 10.1. The lowest BCUT2D eigenvalue weighted by Gasteiger charge is -2.30. The van der Waals surface area contributed by atoms with Crippen LogP contribution in [-0.2, 0) is 9.59 Å². The number of carbonyl (C=O) groups is 2. The van der Waals surface area contributed by atoms with Gasteiger partial charge < -0.3 is 15.0 Å². The number of rotatable bonds is 5. The Bertz CT molecular complexity index is 562. The molecule has 0 spiro atoms. The van der Waals surface area contributed by atoms with Crippen LogP contribution in [0.25, 0.3) is 0 Å². The lowest BCUT2D eigenvalue weighted by molar-refractivity contribution is -0.146. The highest BCUT2D eigenvalue weighted by molar-refractivity contribution is 5.89. The van der Waals surface area contributed by atoms with Gasteiger partial charge in [0, 0.05) is 12.6 Å². The standard InChI is InChI=1S/C17H25FN2O3/c1-16(2,3)19-14(21)11-20(6)15(22)17(4,5)23-13-9-7-12(18)8-10-13/h7-10H,11H2,1-6H3,(H,19,21). The van der Waals surface area contributed by atoms with Gasteiger partial charge in [0.2, 0.25) is 5.91 Å². The molecule has 128 valence electrons. The van der Waals surface area contributed by atoms with Crippen LogP contribution < -0.4 is 10.1 Å². The molecule has 1 aromatic rings. The number of nitrogens with one attached hydrogen (secondary N) is 1. The minimum atomic E-state index is -1.17. The molecule has 0 unspecified atom stereocenters. The molecule has 0 saturated carbocycles. The van der Waals surface area contributed by atoms with Crippen LogP contribution in [-0.4, -0.2) is 41.4 Å². The van der Waals surface area contributed by atoms with Gasteiger partial charge >= 0.3 is 0 Å². The molecule has 1 N–H and O–H groups in total. The van der Waals surface area contributed by atoms with Crippen molar-refractivity contribution in [2.75, 3.05) is 13.6 Å². The number of halogens is 1. The van der Waals surface area contributed by atoms with E-state index >= 15 is 0 Å². The number of hydrogen-bond acceptors (Lipinski definition) is 3. The van der Waals surface area contributed by atoms with Gasteiger partial charge in [-0.25, -0.2) is 4.39 Å². The molecule has 0 atom stereocenters. The molecule has 1 rings (SSSR count). The summed E-state index contributed by atoms with van der Waals surface area (Å²) in [6.45, 7) is 8.76. The third kappa shape index (κ3) is 6.26. The topological polar surface area (TPSA) is 58.6 Å². The first kappa shape index (κ1) is 18.9. The summed E-state index contributed by atoms with van der Waals surface area (Å²) < 4.78 is 18.5. The molecule has 0 heterocycles. The van der Waals surface area contributed by atoms with Crippen LogP contribution in [0.5, 0.6) is 5.75 Å². The molecule has 0 bridgehead atoms. The van der Waals surface area contributed by atoms with Crippen molar-refractivity contribution in [1.29, 1.82) is 0 Å². The van der Waals surface area contributed by atoms with E-state index in [4.69, 9.17) is 4.74 Å². The number of amides is 2. The molecule has 0 saturated heterocycles. The van der Waals surface area contributed by atoms with Gasteiger partial charge in [0.15, 0.2) is 5.60 Å². The van der Waals surface area contributed by atoms with Gasteiger partial charge in [-0.15, -0.1) is 0 Å². The largest absolute Gasteiger partial charge is 0.478 e. The second-order valence-electron chi connectivity index (χ2n) is 7.03. The van der Waals surface area contributed by atoms with E-state index in [9.17, 15) is 14.0 Å². The van der Waals surface area contributed by atoms with Crippen molar-refractivity contribution in [1.82, 2.24) is 10.2 Å². The van der Waals surface area contributed by atoms with Crippen LogP contribution in [0.4, 0.5) is 4.39 Å². The Labute approximate surface area is 136 Å². The van der Waals surface area contributed by atoms with Gasteiger partial charge in [0.25, 0.3) is 5.91 Å². The fourth-order valence-electron chi connectivity index (χ4n) is 2.05. The van der Waals surface area contributed by atoms with Crippen LogP contribution in [0.15, 0.2) is 24.3 Å². The third-order valence-corrected chi connectivity index (χ3v) is 2.94. The summed E-state index contributed by atoms with van der Waals surface area (Å²) in [4.78, 5) is 25.7. The Hall–Kier alpha value is -2.11. The highest BCUT2D eigenvalue weighted by Crippen LogP contribution is 2.20. The molecule has 0 radical (unpaired) electrons. The molecule has 0 aromatic heterocycles. The predicted octanol–water partition coefficient (Wildman–Crippen LogP) is 2.36. The van der Waals surface area contributed by atoms with E-state index in [1.165, 1.54) is 29.2 Å². The molecule has 5 nitrogen and oxygen atoms in total. The third-order valence-electron chi connectivity index (χ3n) is 2.94. The summed E-state index contributed by atoms with van der Waals surface area (Å²) in [6, 6.07) is 5.43. The average Bonchev–Trinajstić information content (AvgIpc) is 2.38. The SMILES string of the molecule is CN(CC(=O)NC(C)(C)C)C(=O)C(C)(C)Oc1ccc(F)cc1. The summed E-state index contributed by atoms with van der Waals surface area (Å²) in [7, 11) is 1.54. The molecule has 23 heavy (non-hydrogen) atoms. The summed E-state index contributed by atoms with van der Waals surface area (Å²) in [5, 5.41) is 2.80. The molecule has 2 amide bonds. The zero-order valence-corrected chi connectivity index (χ0v) is 14.6. The maximum absolute atomic E-state index is 12.9. The number of hydrogen-bond donors (Lipinski definition) is 1. The van der Waals surface area contributed by atoms with Crippen LogP contribution in [0.1, 0.15) is 34.6 Å². The Kier molecular flexibility index (Phi) is 5.75. The molecular weight excluding hydrogens is 299 g/mol. The van der Waals surface area contributed by atoms with Crippen LogP contribution in [0.3, 0.4) is 0 Å². The summed E-state index contributed by atoms with van der Waals surface area (Å²) in [6.07, 6.45) is 0. The number of nitrogens with zero attached hydrogens (tertiary/aromatic N) is 1. The van der Waals surface area contributed by atoms with E-state index in [2.05, 4.69) is 5.32 Å². The fraction of sp³-hybridized carbons (Fsp3) is 0.529. The van der Waals surface area contributed by atoms with Crippen molar-refractivity contribution in [2.45, 2.75) is 45.8 Å². The first-order valence-corrected chi connectivity index (χ1v) is 7.42. The molecule has 6 heteroatoms. The van der Waals surface area contributed by atoms with Crippen LogP contribution in [0, 0.1) is 5.82 Å². The fourth-order valence-corrected chi connectivity index (χ4v) is 2.05. The quantitative estimate of drug-likeness (QED) is 0.904. The van der Waals surface area contributed by atoms with E-state index in [-0.39, 0.29) is 29.7 Å². The smallest absolute Gasteiger partial charge is 0.266 e. The van der Waals surface area contributed by atoms with Gasteiger partial charge in [0.1, 0.15) is 11.6 Å². The monoisotopic (exact) mass is 324 g/mol. The minimum absolute atomic E-state index is 0.0632.